The molecule has 0 aromatic rings. The standard InChI is InChI=1S/C6H7NO4/c1-3-5(8)10-7-11-6(9)4-2/h3-4,7H,1-2H2. The summed E-state index contributed by atoms with van der Waals surface area (Å²) in [5.74, 6) is -1.50. The van der Waals surface area contributed by atoms with Crippen molar-refractivity contribution in [1.29, 1.82) is 0 Å². The van der Waals surface area contributed by atoms with Crippen LogP contribution in [0.5, 0.6) is 0 Å². The van der Waals surface area contributed by atoms with Gasteiger partial charge in [-0.3, -0.25) is 0 Å². The molecule has 5 nitrogen and oxygen atoms in total. The molecule has 0 unspecified atom stereocenters. The summed E-state index contributed by atoms with van der Waals surface area (Å²) < 4.78 is 0. The predicted octanol–water partition coefficient (Wildman–Crippen LogP) is -0.136. The van der Waals surface area contributed by atoms with E-state index in [4.69, 9.17) is 0 Å². The summed E-state index contributed by atoms with van der Waals surface area (Å²) in [5.41, 5.74) is 1.65. The lowest BCUT2D eigenvalue weighted by atomic mass is 10.7. The van der Waals surface area contributed by atoms with Crippen LogP contribution in [-0.2, 0) is 19.3 Å². The average Bonchev–Trinajstić information content (AvgIpc) is 2.04. The molecule has 0 aliphatic rings. The fourth-order valence-electron chi connectivity index (χ4n) is 0.186. The Morgan fingerprint density at radius 3 is 1.73 bits per heavy atom. The van der Waals surface area contributed by atoms with E-state index in [2.05, 4.69) is 22.8 Å². The van der Waals surface area contributed by atoms with Crippen molar-refractivity contribution in [3.05, 3.63) is 25.3 Å². The lowest BCUT2D eigenvalue weighted by Gasteiger charge is -1.99. The third kappa shape index (κ3) is 4.86. The average molecular weight is 157 g/mol. The van der Waals surface area contributed by atoms with Gasteiger partial charge in [-0.2, -0.15) is 0 Å². The summed E-state index contributed by atoms with van der Waals surface area (Å²) in [4.78, 5) is 28.7. The summed E-state index contributed by atoms with van der Waals surface area (Å²) in [6.07, 6.45) is 1.82. The zero-order valence-electron chi connectivity index (χ0n) is 5.70. The molecule has 0 saturated heterocycles. The Labute approximate surface area is 63.2 Å². The summed E-state index contributed by atoms with van der Waals surface area (Å²) in [5, 5.41) is 0. The molecule has 5 heteroatoms. The number of nitrogens with one attached hydrogen (secondary N) is 1. The number of carbonyl (C=O) groups is 2. The van der Waals surface area contributed by atoms with E-state index in [-0.39, 0.29) is 0 Å². The molecule has 0 fully saturated rings. The van der Waals surface area contributed by atoms with Gasteiger partial charge in [-0.25, -0.2) is 9.59 Å². The highest BCUT2D eigenvalue weighted by Crippen LogP contribution is 1.76. The van der Waals surface area contributed by atoms with Crippen molar-refractivity contribution in [1.82, 2.24) is 5.64 Å². The van der Waals surface area contributed by atoms with Gasteiger partial charge in [-0.05, 0) is 0 Å². The van der Waals surface area contributed by atoms with Gasteiger partial charge >= 0.3 is 11.9 Å². The number of hydrogen-bond donors (Lipinski definition) is 1. The van der Waals surface area contributed by atoms with Crippen molar-refractivity contribution in [3.8, 4) is 0 Å². The molecule has 60 valence electrons. The summed E-state index contributed by atoms with van der Waals surface area (Å²) in [7, 11) is 0. The molecule has 11 heavy (non-hydrogen) atoms. The number of rotatable bonds is 4. The molecule has 0 saturated carbocycles. The first kappa shape index (κ1) is 9.38. The van der Waals surface area contributed by atoms with Gasteiger partial charge in [0.05, 0.1) is 0 Å². The molecule has 0 radical (unpaired) electrons. The Kier molecular flexibility index (Phi) is 4.42. The minimum Gasteiger partial charge on any atom is -0.331 e. The van der Waals surface area contributed by atoms with Crippen molar-refractivity contribution < 1.29 is 19.3 Å². The maximum atomic E-state index is 10.3. The lowest BCUT2D eigenvalue weighted by Crippen LogP contribution is -2.21. The van der Waals surface area contributed by atoms with Crippen LogP contribution in [0.1, 0.15) is 0 Å². The quantitative estimate of drug-likeness (QED) is 0.454. The third-order valence-electron chi connectivity index (χ3n) is 0.618. The van der Waals surface area contributed by atoms with Crippen LogP contribution in [0.15, 0.2) is 25.3 Å². The van der Waals surface area contributed by atoms with Crippen molar-refractivity contribution in [2.75, 3.05) is 0 Å². The van der Waals surface area contributed by atoms with Crippen molar-refractivity contribution in [3.63, 3.8) is 0 Å². The van der Waals surface area contributed by atoms with Gasteiger partial charge in [0.15, 0.2) is 0 Å². The second kappa shape index (κ2) is 5.19. The summed E-state index contributed by atoms with van der Waals surface area (Å²) in [6, 6.07) is 0. The molecular weight excluding hydrogens is 150 g/mol. The maximum Gasteiger partial charge on any atom is 0.352 e. The number of hydrogen-bond acceptors (Lipinski definition) is 5. The van der Waals surface area contributed by atoms with Crippen LogP contribution < -0.4 is 5.64 Å². The Hall–Kier alpha value is -1.62. The highest BCUT2D eigenvalue weighted by Gasteiger charge is 1.97. The molecular formula is C6H7NO4. The molecule has 1 N–H and O–H groups in total. The van der Waals surface area contributed by atoms with Gasteiger partial charge in [0, 0.05) is 17.8 Å². The van der Waals surface area contributed by atoms with Crippen LogP contribution in [-0.4, -0.2) is 11.9 Å². The minimum atomic E-state index is -0.748. The van der Waals surface area contributed by atoms with Crippen molar-refractivity contribution in [2.45, 2.75) is 0 Å². The van der Waals surface area contributed by atoms with Crippen molar-refractivity contribution >= 4 is 11.9 Å². The van der Waals surface area contributed by atoms with Gasteiger partial charge in [-0.15, -0.1) is 0 Å². The fraction of sp³-hybridized carbons (Fsp3) is 0. The second-order valence-electron chi connectivity index (χ2n) is 1.33. The molecule has 0 aliphatic carbocycles. The van der Waals surface area contributed by atoms with Crippen LogP contribution >= 0.6 is 0 Å². The maximum absolute atomic E-state index is 10.3. The molecule has 0 aliphatic heterocycles. The van der Waals surface area contributed by atoms with E-state index in [9.17, 15) is 9.59 Å². The van der Waals surface area contributed by atoms with E-state index >= 15 is 0 Å². The van der Waals surface area contributed by atoms with Gasteiger partial charge in [0.25, 0.3) is 0 Å². The number of carbonyl (C=O) groups excluding carboxylic acids is 2. The lowest BCUT2D eigenvalue weighted by molar-refractivity contribution is -0.191. The highest BCUT2D eigenvalue weighted by molar-refractivity contribution is 5.82. The molecule has 0 atom stereocenters. The topological polar surface area (TPSA) is 64.6 Å². The molecule has 0 spiro atoms. The van der Waals surface area contributed by atoms with Crippen LogP contribution in [0.25, 0.3) is 0 Å². The fourth-order valence-corrected chi connectivity index (χ4v) is 0.186. The van der Waals surface area contributed by atoms with Gasteiger partial charge in [0.1, 0.15) is 0 Å². The van der Waals surface area contributed by atoms with Gasteiger partial charge in [0.2, 0.25) is 0 Å². The first-order chi connectivity index (χ1) is 5.20. The van der Waals surface area contributed by atoms with E-state index in [0.717, 1.165) is 12.2 Å². The summed E-state index contributed by atoms with van der Waals surface area (Å²) >= 11 is 0. The Morgan fingerprint density at radius 2 is 1.45 bits per heavy atom. The van der Waals surface area contributed by atoms with E-state index in [1.165, 1.54) is 0 Å². The molecule has 0 heterocycles. The van der Waals surface area contributed by atoms with Crippen LogP contribution in [0, 0.1) is 0 Å². The monoisotopic (exact) mass is 157 g/mol. The molecule has 0 aromatic heterocycles. The van der Waals surface area contributed by atoms with E-state index in [1.807, 2.05) is 0 Å². The predicted molar refractivity (Wildman–Crippen MR) is 35.7 cm³/mol. The summed E-state index contributed by atoms with van der Waals surface area (Å²) in [6.45, 7) is 6.21. The zero-order valence-corrected chi connectivity index (χ0v) is 5.70. The first-order valence-corrected chi connectivity index (χ1v) is 2.62. The largest absolute Gasteiger partial charge is 0.352 e. The molecule has 0 rings (SSSR count). The molecule has 0 aromatic carbocycles. The van der Waals surface area contributed by atoms with Crippen molar-refractivity contribution in [2.24, 2.45) is 0 Å². The van der Waals surface area contributed by atoms with E-state index < -0.39 is 11.9 Å². The zero-order chi connectivity index (χ0) is 8.69. The molecule has 0 amide bonds. The highest BCUT2D eigenvalue weighted by atomic mass is 16.9. The first-order valence-electron chi connectivity index (χ1n) is 2.62. The Bertz CT molecular complexity index is 167. The third-order valence-corrected chi connectivity index (χ3v) is 0.618. The van der Waals surface area contributed by atoms with Crippen LogP contribution in [0.2, 0.25) is 0 Å². The van der Waals surface area contributed by atoms with E-state index in [0.29, 0.717) is 0 Å². The van der Waals surface area contributed by atoms with Crippen LogP contribution in [0.4, 0.5) is 0 Å². The Morgan fingerprint density at radius 1 is 1.09 bits per heavy atom. The van der Waals surface area contributed by atoms with Gasteiger partial charge < -0.3 is 9.68 Å². The second-order valence-corrected chi connectivity index (χ2v) is 1.33. The Balaban J connectivity index is 3.41. The normalized spacial score (nSPS) is 8.00. The van der Waals surface area contributed by atoms with Gasteiger partial charge in [-0.1, -0.05) is 13.2 Å². The SMILES string of the molecule is C=CC(=O)ONOC(=O)C=C. The minimum absolute atomic E-state index is 0.748. The van der Waals surface area contributed by atoms with E-state index in [1.54, 1.807) is 5.64 Å². The smallest absolute Gasteiger partial charge is 0.331 e. The molecule has 0 bridgehead atoms. The van der Waals surface area contributed by atoms with Crippen LogP contribution in [0.3, 0.4) is 0 Å².